The molecule has 2 aromatic carbocycles. The van der Waals surface area contributed by atoms with Gasteiger partial charge < -0.3 is 10.1 Å². The molecule has 148 valence electrons. The zero-order valence-electron chi connectivity index (χ0n) is 15.4. The molecule has 0 fully saturated rings. The number of carbonyl (C=O) groups excluding carboxylic acids is 2. The first-order valence-corrected chi connectivity index (χ1v) is 8.65. The molecule has 0 aliphatic carbocycles. The molecule has 28 heavy (non-hydrogen) atoms. The van der Waals surface area contributed by atoms with Crippen molar-refractivity contribution in [3.8, 4) is 0 Å². The zero-order chi connectivity index (χ0) is 20.7. The number of rotatable bonds is 6. The third-order valence-electron chi connectivity index (χ3n) is 3.92. The summed E-state index contributed by atoms with van der Waals surface area (Å²) in [6, 6.07) is 11.8. The second-order valence-electron chi connectivity index (χ2n) is 6.08. The Bertz CT molecular complexity index is 858. The molecule has 0 saturated heterocycles. The highest BCUT2D eigenvalue weighted by atomic mass is 19.4. The van der Waals surface area contributed by atoms with Gasteiger partial charge in [-0.1, -0.05) is 31.2 Å². The van der Waals surface area contributed by atoms with Gasteiger partial charge in [0.05, 0.1) is 5.56 Å². The highest BCUT2D eigenvalue weighted by Crippen LogP contribution is 2.29. The van der Waals surface area contributed by atoms with Gasteiger partial charge in [0.1, 0.15) is 0 Å². The molecule has 1 atom stereocenters. The molecular formula is C21H20F3NO3. The van der Waals surface area contributed by atoms with Gasteiger partial charge in [-0.05, 0) is 54.8 Å². The Labute approximate surface area is 161 Å². The Morgan fingerprint density at radius 3 is 2.43 bits per heavy atom. The Hall–Kier alpha value is -3.09. The molecule has 0 bridgehead atoms. The summed E-state index contributed by atoms with van der Waals surface area (Å²) in [7, 11) is 0. The largest absolute Gasteiger partial charge is 0.449 e. The van der Waals surface area contributed by atoms with E-state index in [-0.39, 0.29) is 5.56 Å². The number of anilines is 1. The van der Waals surface area contributed by atoms with E-state index >= 15 is 0 Å². The molecular weight excluding hydrogens is 371 g/mol. The molecule has 1 N–H and O–H groups in total. The highest BCUT2D eigenvalue weighted by Gasteiger charge is 2.30. The molecule has 1 amide bonds. The van der Waals surface area contributed by atoms with E-state index in [2.05, 4.69) is 5.32 Å². The third kappa shape index (κ3) is 6.26. The second kappa shape index (κ2) is 9.21. The number of hydrogen-bond acceptors (Lipinski definition) is 3. The number of hydrogen-bond donors (Lipinski definition) is 1. The number of ether oxygens (including phenoxy) is 1. The van der Waals surface area contributed by atoms with E-state index in [4.69, 9.17) is 4.74 Å². The van der Waals surface area contributed by atoms with Gasteiger partial charge in [-0.15, -0.1) is 0 Å². The van der Waals surface area contributed by atoms with Crippen molar-refractivity contribution in [2.24, 2.45) is 0 Å². The lowest BCUT2D eigenvalue weighted by Crippen LogP contribution is -2.29. The second-order valence-corrected chi connectivity index (χ2v) is 6.08. The molecule has 7 heteroatoms. The minimum absolute atomic E-state index is 0.194. The average Bonchev–Trinajstić information content (AvgIpc) is 2.66. The van der Waals surface area contributed by atoms with Crippen LogP contribution in [0.15, 0.2) is 54.6 Å². The van der Waals surface area contributed by atoms with Crippen molar-refractivity contribution in [2.75, 3.05) is 5.32 Å². The first-order valence-electron chi connectivity index (χ1n) is 8.65. The van der Waals surface area contributed by atoms with E-state index in [9.17, 15) is 22.8 Å². The SMILES string of the molecule is CCc1ccc(NC(=O)[C@H](C)OC(=O)/C=C/c2cccc(C(F)(F)F)c2)cc1. The fourth-order valence-electron chi connectivity index (χ4n) is 2.32. The van der Waals surface area contributed by atoms with Gasteiger partial charge >= 0.3 is 12.1 Å². The fraction of sp³-hybridized carbons (Fsp3) is 0.238. The summed E-state index contributed by atoms with van der Waals surface area (Å²) in [5, 5.41) is 2.63. The molecule has 4 nitrogen and oxygen atoms in total. The topological polar surface area (TPSA) is 55.4 Å². The molecule has 0 aromatic heterocycles. The summed E-state index contributed by atoms with van der Waals surface area (Å²) in [4.78, 5) is 23.9. The van der Waals surface area contributed by atoms with Crippen LogP contribution in [0.5, 0.6) is 0 Å². The predicted molar refractivity (Wildman–Crippen MR) is 100 cm³/mol. The van der Waals surface area contributed by atoms with Crippen LogP contribution in [0.25, 0.3) is 6.08 Å². The molecule has 0 heterocycles. The molecule has 0 spiro atoms. The minimum atomic E-state index is -4.47. The zero-order valence-corrected chi connectivity index (χ0v) is 15.4. The van der Waals surface area contributed by atoms with E-state index < -0.39 is 29.7 Å². The van der Waals surface area contributed by atoms with E-state index in [1.54, 1.807) is 12.1 Å². The lowest BCUT2D eigenvalue weighted by atomic mass is 10.1. The van der Waals surface area contributed by atoms with Crippen molar-refractivity contribution in [3.05, 3.63) is 71.3 Å². The number of halogens is 3. The molecule has 0 aliphatic heterocycles. The van der Waals surface area contributed by atoms with Crippen LogP contribution in [0.1, 0.15) is 30.5 Å². The first-order chi connectivity index (χ1) is 13.2. The third-order valence-corrected chi connectivity index (χ3v) is 3.92. The Morgan fingerprint density at radius 2 is 1.82 bits per heavy atom. The normalized spacial score (nSPS) is 12.6. The van der Waals surface area contributed by atoms with Gasteiger partial charge in [0.15, 0.2) is 6.10 Å². The van der Waals surface area contributed by atoms with Crippen LogP contribution in [0.4, 0.5) is 18.9 Å². The van der Waals surface area contributed by atoms with Crippen LogP contribution in [-0.4, -0.2) is 18.0 Å². The lowest BCUT2D eigenvalue weighted by Gasteiger charge is -2.12. The van der Waals surface area contributed by atoms with Crippen molar-refractivity contribution in [1.82, 2.24) is 0 Å². The van der Waals surface area contributed by atoms with Crippen LogP contribution >= 0.6 is 0 Å². The summed E-state index contributed by atoms with van der Waals surface area (Å²) in [5.41, 5.74) is 1.08. The molecule has 2 rings (SSSR count). The predicted octanol–water partition coefficient (Wildman–Crippen LogP) is 4.85. The van der Waals surface area contributed by atoms with Crippen LogP contribution in [-0.2, 0) is 26.9 Å². The van der Waals surface area contributed by atoms with Crippen molar-refractivity contribution in [3.63, 3.8) is 0 Å². The van der Waals surface area contributed by atoms with Crippen LogP contribution in [0.3, 0.4) is 0 Å². The van der Waals surface area contributed by atoms with Gasteiger partial charge in [-0.25, -0.2) is 4.79 Å². The molecule has 0 radical (unpaired) electrons. The van der Waals surface area contributed by atoms with Crippen molar-refractivity contribution < 1.29 is 27.5 Å². The smallest absolute Gasteiger partial charge is 0.416 e. The lowest BCUT2D eigenvalue weighted by molar-refractivity contribution is -0.148. The fourth-order valence-corrected chi connectivity index (χ4v) is 2.32. The van der Waals surface area contributed by atoms with E-state index in [0.717, 1.165) is 30.2 Å². The number of alkyl halides is 3. The quantitative estimate of drug-likeness (QED) is 0.566. The number of nitrogens with one attached hydrogen (secondary N) is 1. The maximum atomic E-state index is 12.7. The van der Waals surface area contributed by atoms with Crippen molar-refractivity contribution in [1.29, 1.82) is 0 Å². The van der Waals surface area contributed by atoms with E-state index in [0.29, 0.717) is 5.69 Å². The number of esters is 1. The number of benzene rings is 2. The number of carbonyl (C=O) groups is 2. The maximum absolute atomic E-state index is 12.7. The molecule has 0 aliphatic rings. The monoisotopic (exact) mass is 391 g/mol. The van der Waals surface area contributed by atoms with Gasteiger partial charge in [0, 0.05) is 11.8 Å². The maximum Gasteiger partial charge on any atom is 0.416 e. The van der Waals surface area contributed by atoms with Crippen molar-refractivity contribution >= 4 is 23.6 Å². The number of amides is 1. The Morgan fingerprint density at radius 1 is 1.14 bits per heavy atom. The summed E-state index contributed by atoms with van der Waals surface area (Å²) in [6.45, 7) is 3.42. The van der Waals surface area contributed by atoms with Gasteiger partial charge in [0.2, 0.25) is 0 Å². The standard InChI is InChI=1S/C21H20F3NO3/c1-3-15-7-10-18(11-8-15)25-20(27)14(2)28-19(26)12-9-16-5-4-6-17(13-16)21(22,23)24/h4-14H,3H2,1-2H3,(H,25,27)/b12-9+/t14-/m0/s1. The summed E-state index contributed by atoms with van der Waals surface area (Å²) < 4.78 is 43.1. The molecule has 2 aromatic rings. The highest BCUT2D eigenvalue weighted by molar-refractivity contribution is 5.96. The summed E-state index contributed by atoms with van der Waals surface area (Å²) in [6.07, 6.45) is -2.47. The van der Waals surface area contributed by atoms with Gasteiger partial charge in [0.25, 0.3) is 5.91 Å². The first kappa shape index (κ1) is 21.2. The van der Waals surface area contributed by atoms with E-state index in [1.165, 1.54) is 25.1 Å². The number of aryl methyl sites for hydroxylation is 1. The van der Waals surface area contributed by atoms with Gasteiger partial charge in [-0.2, -0.15) is 13.2 Å². The average molecular weight is 391 g/mol. The van der Waals surface area contributed by atoms with Crippen LogP contribution in [0.2, 0.25) is 0 Å². The molecule has 0 saturated carbocycles. The molecule has 0 unspecified atom stereocenters. The van der Waals surface area contributed by atoms with Gasteiger partial charge in [-0.3, -0.25) is 4.79 Å². The summed E-state index contributed by atoms with van der Waals surface area (Å²) in [5.74, 6) is -1.34. The van der Waals surface area contributed by atoms with E-state index in [1.807, 2.05) is 19.1 Å². The summed E-state index contributed by atoms with van der Waals surface area (Å²) >= 11 is 0. The Balaban J connectivity index is 1.92. The Kier molecular flexibility index (Phi) is 6.98. The van der Waals surface area contributed by atoms with Crippen molar-refractivity contribution in [2.45, 2.75) is 32.5 Å². The minimum Gasteiger partial charge on any atom is -0.449 e. The van der Waals surface area contributed by atoms with Crippen LogP contribution < -0.4 is 5.32 Å². The van der Waals surface area contributed by atoms with Crippen LogP contribution in [0, 0.1) is 0 Å².